The molecule has 6 nitrogen and oxygen atoms in total. The quantitative estimate of drug-likeness (QED) is 0.504. The molecule has 2 rings (SSSR count). The predicted octanol–water partition coefficient (Wildman–Crippen LogP) is 2.45. The van der Waals surface area contributed by atoms with Crippen LogP contribution in [0.4, 0.5) is 0 Å². The molecule has 0 aromatic heterocycles. The van der Waals surface area contributed by atoms with Crippen LogP contribution in [0, 0.1) is 5.92 Å². The Hall–Kier alpha value is -2.34. The molecule has 1 aromatic rings. The first-order chi connectivity index (χ1) is 13.5. The van der Waals surface area contributed by atoms with E-state index in [1.807, 2.05) is 24.3 Å². The molecule has 1 atom stereocenters. The second kappa shape index (κ2) is 11.5. The van der Waals surface area contributed by atoms with E-state index in [9.17, 15) is 9.59 Å². The van der Waals surface area contributed by atoms with Gasteiger partial charge in [0.15, 0.2) is 0 Å². The van der Waals surface area contributed by atoms with Crippen molar-refractivity contribution in [3.63, 3.8) is 0 Å². The number of carbonyl (C=O) groups excluding carboxylic acids is 2. The molecule has 1 unspecified atom stereocenters. The van der Waals surface area contributed by atoms with Gasteiger partial charge in [-0.25, -0.2) is 0 Å². The third-order valence-corrected chi connectivity index (χ3v) is 5.12. The standard InChI is InChI=1S/C22H33N3O3/c1-17-11-15-25(16-12-17)14-4-13-23-22(27)18(2)24-21(26)10-7-19-5-8-20(28-3)9-6-19/h5-10,17-18H,4,11-16H2,1-3H3,(H,23,27)(H,24,26)/b10-7+. The Bertz CT molecular complexity index is 649. The van der Waals surface area contributed by atoms with E-state index in [1.54, 1.807) is 20.1 Å². The van der Waals surface area contributed by atoms with Gasteiger partial charge in [-0.2, -0.15) is 0 Å². The highest BCUT2D eigenvalue weighted by Gasteiger charge is 2.16. The van der Waals surface area contributed by atoms with Crippen molar-refractivity contribution >= 4 is 17.9 Å². The Morgan fingerprint density at radius 2 is 1.93 bits per heavy atom. The molecule has 154 valence electrons. The second-order valence-corrected chi connectivity index (χ2v) is 7.51. The van der Waals surface area contributed by atoms with E-state index in [2.05, 4.69) is 22.5 Å². The molecule has 28 heavy (non-hydrogen) atoms. The minimum atomic E-state index is -0.566. The first-order valence-electron chi connectivity index (χ1n) is 10.1. The highest BCUT2D eigenvalue weighted by molar-refractivity contribution is 5.95. The summed E-state index contributed by atoms with van der Waals surface area (Å²) in [5.74, 6) is 1.15. The lowest BCUT2D eigenvalue weighted by molar-refractivity contribution is -0.126. The van der Waals surface area contributed by atoms with E-state index in [-0.39, 0.29) is 11.8 Å². The van der Waals surface area contributed by atoms with Crippen LogP contribution in [0.25, 0.3) is 6.08 Å². The summed E-state index contributed by atoms with van der Waals surface area (Å²) in [6, 6.07) is 6.82. The van der Waals surface area contributed by atoms with Gasteiger partial charge >= 0.3 is 0 Å². The molecular formula is C22H33N3O3. The number of nitrogens with zero attached hydrogens (tertiary/aromatic N) is 1. The summed E-state index contributed by atoms with van der Waals surface area (Å²) in [5.41, 5.74) is 0.889. The number of piperidine rings is 1. The first kappa shape index (κ1) is 22.0. The Kier molecular flexibility index (Phi) is 9.01. The number of carbonyl (C=O) groups is 2. The maximum absolute atomic E-state index is 12.1. The first-order valence-corrected chi connectivity index (χ1v) is 10.1. The van der Waals surface area contributed by atoms with E-state index >= 15 is 0 Å². The van der Waals surface area contributed by atoms with Crippen molar-refractivity contribution in [1.29, 1.82) is 0 Å². The number of methoxy groups -OCH3 is 1. The molecule has 1 aromatic carbocycles. The van der Waals surface area contributed by atoms with Crippen LogP contribution in [0.2, 0.25) is 0 Å². The predicted molar refractivity (Wildman–Crippen MR) is 112 cm³/mol. The lowest BCUT2D eigenvalue weighted by Gasteiger charge is -2.30. The van der Waals surface area contributed by atoms with E-state index < -0.39 is 6.04 Å². The average Bonchev–Trinajstić information content (AvgIpc) is 2.71. The topological polar surface area (TPSA) is 70.7 Å². The fraction of sp³-hybridized carbons (Fsp3) is 0.545. The van der Waals surface area contributed by atoms with Gasteiger partial charge in [0.05, 0.1) is 7.11 Å². The van der Waals surface area contributed by atoms with Gasteiger partial charge in [0, 0.05) is 12.6 Å². The Morgan fingerprint density at radius 1 is 1.25 bits per heavy atom. The van der Waals surface area contributed by atoms with Crippen LogP contribution in [0.15, 0.2) is 30.3 Å². The van der Waals surface area contributed by atoms with Crippen molar-refractivity contribution in [3.8, 4) is 5.75 Å². The lowest BCUT2D eigenvalue weighted by Crippen LogP contribution is -2.45. The minimum Gasteiger partial charge on any atom is -0.497 e. The van der Waals surface area contributed by atoms with Crippen molar-refractivity contribution in [2.45, 2.75) is 39.2 Å². The Labute approximate surface area is 168 Å². The molecule has 6 heteroatoms. The largest absolute Gasteiger partial charge is 0.497 e. The molecule has 0 radical (unpaired) electrons. The number of amides is 2. The third-order valence-electron chi connectivity index (χ3n) is 5.12. The van der Waals surface area contributed by atoms with Crippen molar-refractivity contribution in [2.24, 2.45) is 5.92 Å². The molecular weight excluding hydrogens is 354 g/mol. The number of likely N-dealkylation sites (tertiary alicyclic amines) is 1. The Morgan fingerprint density at radius 3 is 2.57 bits per heavy atom. The fourth-order valence-corrected chi connectivity index (χ4v) is 3.17. The number of hydrogen-bond donors (Lipinski definition) is 2. The smallest absolute Gasteiger partial charge is 0.244 e. The van der Waals surface area contributed by atoms with Gasteiger partial charge in [-0.3, -0.25) is 9.59 Å². The number of nitrogens with one attached hydrogen (secondary N) is 2. The van der Waals surface area contributed by atoms with Crippen LogP contribution in [0.1, 0.15) is 38.7 Å². The zero-order chi connectivity index (χ0) is 20.4. The van der Waals surface area contributed by atoms with Crippen molar-refractivity contribution in [2.75, 3.05) is 33.3 Å². The van der Waals surface area contributed by atoms with Crippen molar-refractivity contribution in [1.82, 2.24) is 15.5 Å². The van der Waals surface area contributed by atoms with Crippen LogP contribution in [-0.4, -0.2) is 56.0 Å². The van der Waals surface area contributed by atoms with Gasteiger partial charge in [-0.15, -0.1) is 0 Å². The monoisotopic (exact) mass is 387 g/mol. The zero-order valence-corrected chi connectivity index (χ0v) is 17.2. The molecule has 1 heterocycles. The summed E-state index contributed by atoms with van der Waals surface area (Å²) in [7, 11) is 1.61. The molecule has 2 N–H and O–H groups in total. The molecule has 0 aliphatic carbocycles. The van der Waals surface area contributed by atoms with Gasteiger partial charge in [0.2, 0.25) is 11.8 Å². The molecule has 1 aliphatic rings. The van der Waals surface area contributed by atoms with Crippen molar-refractivity contribution in [3.05, 3.63) is 35.9 Å². The van der Waals surface area contributed by atoms with Gasteiger partial charge in [-0.05, 0) is 75.5 Å². The van der Waals surface area contributed by atoms with Crippen LogP contribution < -0.4 is 15.4 Å². The molecule has 2 amide bonds. The lowest BCUT2D eigenvalue weighted by atomic mass is 9.99. The second-order valence-electron chi connectivity index (χ2n) is 7.51. The summed E-state index contributed by atoms with van der Waals surface area (Å²) in [4.78, 5) is 26.6. The zero-order valence-electron chi connectivity index (χ0n) is 17.2. The average molecular weight is 388 g/mol. The van der Waals surface area contributed by atoms with Crippen LogP contribution in [-0.2, 0) is 9.59 Å². The van der Waals surface area contributed by atoms with Crippen LogP contribution in [0.5, 0.6) is 5.75 Å². The molecule has 0 bridgehead atoms. The molecule has 0 saturated carbocycles. The molecule has 1 aliphatic heterocycles. The highest BCUT2D eigenvalue weighted by atomic mass is 16.5. The number of rotatable bonds is 9. The van der Waals surface area contributed by atoms with Crippen LogP contribution >= 0.6 is 0 Å². The summed E-state index contributed by atoms with van der Waals surface area (Å²) in [6.45, 7) is 7.95. The summed E-state index contributed by atoms with van der Waals surface area (Å²) >= 11 is 0. The summed E-state index contributed by atoms with van der Waals surface area (Å²) < 4.78 is 5.10. The van der Waals surface area contributed by atoms with Crippen LogP contribution in [0.3, 0.4) is 0 Å². The van der Waals surface area contributed by atoms with E-state index in [0.717, 1.165) is 43.3 Å². The van der Waals surface area contributed by atoms with Crippen molar-refractivity contribution < 1.29 is 14.3 Å². The van der Waals surface area contributed by atoms with E-state index in [1.165, 1.54) is 18.9 Å². The SMILES string of the molecule is COc1ccc(/C=C/C(=O)NC(C)C(=O)NCCCN2CCC(C)CC2)cc1. The van der Waals surface area contributed by atoms with Gasteiger partial charge in [-0.1, -0.05) is 19.1 Å². The third kappa shape index (κ3) is 7.72. The van der Waals surface area contributed by atoms with Gasteiger partial charge in [0.1, 0.15) is 11.8 Å². The normalized spacial score (nSPS) is 16.7. The molecule has 1 saturated heterocycles. The fourth-order valence-electron chi connectivity index (χ4n) is 3.17. The molecule has 0 spiro atoms. The van der Waals surface area contributed by atoms with Gasteiger partial charge in [0.25, 0.3) is 0 Å². The summed E-state index contributed by atoms with van der Waals surface area (Å²) in [6.07, 6.45) is 6.60. The maximum atomic E-state index is 12.1. The number of hydrogen-bond acceptors (Lipinski definition) is 4. The van der Waals surface area contributed by atoms with Gasteiger partial charge < -0.3 is 20.3 Å². The van der Waals surface area contributed by atoms with E-state index in [4.69, 9.17) is 4.74 Å². The summed E-state index contributed by atoms with van der Waals surface area (Å²) in [5, 5.41) is 5.60. The number of ether oxygens (including phenoxy) is 1. The minimum absolute atomic E-state index is 0.154. The number of benzene rings is 1. The highest BCUT2D eigenvalue weighted by Crippen LogP contribution is 2.15. The maximum Gasteiger partial charge on any atom is 0.244 e. The molecule has 1 fully saturated rings. The van der Waals surface area contributed by atoms with E-state index in [0.29, 0.717) is 6.54 Å². The Balaban J connectivity index is 1.63.